The lowest BCUT2D eigenvalue weighted by atomic mass is 9.98. The molecule has 0 aliphatic heterocycles. The normalized spacial score (nSPS) is 11.6. The number of phenolic OH excluding ortho intramolecular Hbond substituents is 1. The standard InChI is InChI=1S/C16H18O3/c1-10-9-13(17)11-7-5-6-8-12(11)14(10)15(18)19-16(2,3)4/h5-9,17H,1-4H3. The number of carbonyl (C=O) groups excluding carboxylic acids is 1. The highest BCUT2D eigenvalue weighted by molar-refractivity contribution is 6.07. The molecule has 0 aliphatic carbocycles. The van der Waals surface area contributed by atoms with Crippen LogP contribution in [0, 0.1) is 6.92 Å². The van der Waals surface area contributed by atoms with Crippen LogP contribution in [0.4, 0.5) is 0 Å². The predicted molar refractivity (Wildman–Crippen MR) is 75.5 cm³/mol. The fraction of sp³-hybridized carbons (Fsp3) is 0.312. The van der Waals surface area contributed by atoms with Gasteiger partial charge in [-0.3, -0.25) is 0 Å². The van der Waals surface area contributed by atoms with Crippen molar-refractivity contribution in [3.8, 4) is 5.75 Å². The Labute approximate surface area is 112 Å². The number of ether oxygens (including phenoxy) is 1. The second-order valence-corrected chi connectivity index (χ2v) is 5.64. The lowest BCUT2D eigenvalue weighted by Crippen LogP contribution is -2.24. The molecule has 0 amide bonds. The summed E-state index contributed by atoms with van der Waals surface area (Å²) in [4.78, 5) is 12.3. The van der Waals surface area contributed by atoms with Gasteiger partial charge in [0.05, 0.1) is 5.56 Å². The Kier molecular flexibility index (Phi) is 3.23. The number of benzene rings is 2. The number of phenols is 1. The molecule has 0 spiro atoms. The molecule has 0 fully saturated rings. The first-order valence-electron chi connectivity index (χ1n) is 6.24. The highest BCUT2D eigenvalue weighted by atomic mass is 16.6. The monoisotopic (exact) mass is 258 g/mol. The SMILES string of the molecule is Cc1cc(O)c2ccccc2c1C(=O)OC(C)(C)C. The van der Waals surface area contributed by atoms with Gasteiger partial charge in [-0.1, -0.05) is 24.3 Å². The van der Waals surface area contributed by atoms with Crippen molar-refractivity contribution in [3.05, 3.63) is 41.5 Å². The van der Waals surface area contributed by atoms with Crippen molar-refractivity contribution in [3.63, 3.8) is 0 Å². The second kappa shape index (κ2) is 4.57. The molecule has 0 saturated heterocycles. The second-order valence-electron chi connectivity index (χ2n) is 5.64. The first-order valence-corrected chi connectivity index (χ1v) is 6.24. The van der Waals surface area contributed by atoms with E-state index < -0.39 is 5.60 Å². The molecular formula is C16H18O3. The van der Waals surface area contributed by atoms with Gasteiger partial charge < -0.3 is 9.84 Å². The Morgan fingerprint density at radius 1 is 1.16 bits per heavy atom. The van der Waals surface area contributed by atoms with E-state index in [4.69, 9.17) is 4.74 Å². The average molecular weight is 258 g/mol. The van der Waals surface area contributed by atoms with Crippen molar-refractivity contribution < 1.29 is 14.6 Å². The van der Waals surface area contributed by atoms with Crippen LogP contribution in [0.15, 0.2) is 30.3 Å². The number of hydrogen-bond acceptors (Lipinski definition) is 3. The van der Waals surface area contributed by atoms with Crippen LogP contribution in [-0.2, 0) is 4.74 Å². The van der Waals surface area contributed by atoms with E-state index in [2.05, 4.69) is 0 Å². The molecule has 0 bridgehead atoms. The summed E-state index contributed by atoms with van der Waals surface area (Å²) in [6, 6.07) is 8.88. The van der Waals surface area contributed by atoms with Crippen LogP contribution in [0.2, 0.25) is 0 Å². The maximum atomic E-state index is 12.3. The van der Waals surface area contributed by atoms with Crippen LogP contribution in [-0.4, -0.2) is 16.7 Å². The zero-order chi connectivity index (χ0) is 14.2. The third-order valence-corrected chi connectivity index (χ3v) is 2.82. The van der Waals surface area contributed by atoms with Gasteiger partial charge in [0.15, 0.2) is 0 Å². The van der Waals surface area contributed by atoms with E-state index >= 15 is 0 Å². The van der Waals surface area contributed by atoms with E-state index in [0.717, 1.165) is 0 Å². The summed E-state index contributed by atoms with van der Waals surface area (Å²) in [7, 11) is 0. The highest BCUT2D eigenvalue weighted by Crippen LogP contribution is 2.31. The van der Waals surface area contributed by atoms with Crippen molar-refractivity contribution in [1.29, 1.82) is 0 Å². The fourth-order valence-corrected chi connectivity index (χ4v) is 2.09. The molecule has 2 aromatic rings. The summed E-state index contributed by atoms with van der Waals surface area (Å²) >= 11 is 0. The smallest absolute Gasteiger partial charge is 0.339 e. The molecule has 3 heteroatoms. The minimum atomic E-state index is -0.539. The number of aryl methyl sites for hydroxylation is 1. The third kappa shape index (κ3) is 2.70. The third-order valence-electron chi connectivity index (χ3n) is 2.82. The molecule has 0 unspecified atom stereocenters. The lowest BCUT2D eigenvalue weighted by molar-refractivity contribution is 0.00711. The van der Waals surface area contributed by atoms with E-state index in [1.165, 1.54) is 0 Å². The average Bonchev–Trinajstić information content (AvgIpc) is 2.26. The summed E-state index contributed by atoms with van der Waals surface area (Å²) in [5.41, 5.74) is 0.691. The van der Waals surface area contributed by atoms with Gasteiger partial charge in [-0.25, -0.2) is 4.79 Å². The molecular weight excluding hydrogens is 240 g/mol. The maximum absolute atomic E-state index is 12.3. The van der Waals surface area contributed by atoms with Crippen LogP contribution in [0.1, 0.15) is 36.7 Å². The minimum absolute atomic E-state index is 0.181. The van der Waals surface area contributed by atoms with E-state index in [1.807, 2.05) is 39.0 Å². The summed E-state index contributed by atoms with van der Waals surface area (Å²) in [6.07, 6.45) is 0. The van der Waals surface area contributed by atoms with Crippen LogP contribution >= 0.6 is 0 Å². The molecule has 19 heavy (non-hydrogen) atoms. The van der Waals surface area contributed by atoms with Crippen molar-refractivity contribution in [2.24, 2.45) is 0 Å². The van der Waals surface area contributed by atoms with Crippen LogP contribution in [0.5, 0.6) is 5.75 Å². The Morgan fingerprint density at radius 2 is 1.74 bits per heavy atom. The number of carbonyl (C=O) groups is 1. The number of hydrogen-bond donors (Lipinski definition) is 1. The Bertz CT molecular complexity index is 636. The van der Waals surface area contributed by atoms with Gasteiger partial charge >= 0.3 is 5.97 Å². The topological polar surface area (TPSA) is 46.5 Å². The minimum Gasteiger partial charge on any atom is -0.507 e. The van der Waals surface area contributed by atoms with E-state index in [0.29, 0.717) is 21.9 Å². The van der Waals surface area contributed by atoms with Crippen LogP contribution in [0.25, 0.3) is 10.8 Å². The van der Waals surface area contributed by atoms with Gasteiger partial charge in [0.25, 0.3) is 0 Å². The van der Waals surface area contributed by atoms with Crippen molar-refractivity contribution in [2.75, 3.05) is 0 Å². The zero-order valence-electron chi connectivity index (χ0n) is 11.7. The largest absolute Gasteiger partial charge is 0.507 e. The van der Waals surface area contributed by atoms with Crippen LogP contribution < -0.4 is 0 Å². The number of fused-ring (bicyclic) bond motifs is 1. The van der Waals surface area contributed by atoms with Crippen molar-refractivity contribution in [1.82, 2.24) is 0 Å². The van der Waals surface area contributed by atoms with Crippen molar-refractivity contribution >= 4 is 16.7 Å². The molecule has 2 rings (SSSR count). The molecule has 3 nitrogen and oxygen atoms in total. The van der Waals surface area contributed by atoms with Gasteiger partial charge in [0.1, 0.15) is 11.4 Å². The van der Waals surface area contributed by atoms with E-state index in [-0.39, 0.29) is 11.7 Å². The van der Waals surface area contributed by atoms with Gasteiger partial charge in [0, 0.05) is 10.8 Å². The molecule has 2 aromatic carbocycles. The number of esters is 1. The molecule has 0 saturated carbocycles. The first kappa shape index (κ1) is 13.4. The predicted octanol–water partition coefficient (Wildman–Crippen LogP) is 3.81. The van der Waals surface area contributed by atoms with Gasteiger partial charge in [0.2, 0.25) is 0 Å². The molecule has 0 heterocycles. The lowest BCUT2D eigenvalue weighted by Gasteiger charge is -2.21. The maximum Gasteiger partial charge on any atom is 0.339 e. The van der Waals surface area contributed by atoms with E-state index in [1.54, 1.807) is 19.1 Å². The number of aromatic hydroxyl groups is 1. The summed E-state index contributed by atoms with van der Waals surface area (Å²) in [5, 5.41) is 11.3. The quantitative estimate of drug-likeness (QED) is 0.791. The Morgan fingerprint density at radius 3 is 2.32 bits per heavy atom. The Hall–Kier alpha value is -2.03. The summed E-state index contributed by atoms with van der Waals surface area (Å²) < 4.78 is 5.43. The zero-order valence-corrected chi connectivity index (χ0v) is 11.7. The fourth-order valence-electron chi connectivity index (χ4n) is 2.09. The molecule has 100 valence electrons. The molecule has 1 N–H and O–H groups in total. The summed E-state index contributed by atoms with van der Waals surface area (Å²) in [5.74, 6) is -0.179. The Balaban J connectivity index is 2.63. The molecule has 0 aromatic heterocycles. The van der Waals surface area contributed by atoms with Gasteiger partial charge in [-0.2, -0.15) is 0 Å². The molecule has 0 aliphatic rings. The van der Waals surface area contributed by atoms with Crippen molar-refractivity contribution in [2.45, 2.75) is 33.3 Å². The van der Waals surface area contributed by atoms with E-state index in [9.17, 15) is 9.90 Å². The van der Waals surface area contributed by atoms with Gasteiger partial charge in [-0.15, -0.1) is 0 Å². The first-order chi connectivity index (χ1) is 8.79. The summed E-state index contributed by atoms with van der Waals surface area (Å²) in [6.45, 7) is 7.31. The molecule has 0 atom stereocenters. The highest BCUT2D eigenvalue weighted by Gasteiger charge is 2.22. The molecule has 0 radical (unpaired) electrons. The number of rotatable bonds is 1. The van der Waals surface area contributed by atoms with Crippen LogP contribution in [0.3, 0.4) is 0 Å². The van der Waals surface area contributed by atoms with Gasteiger partial charge in [-0.05, 0) is 39.3 Å².